The number of ether oxygens (including phenoxy) is 2. The van der Waals surface area contributed by atoms with E-state index >= 15 is 0 Å². The number of anilines is 2. The van der Waals surface area contributed by atoms with Crippen LogP contribution in [0.25, 0.3) is 0 Å². The number of hydrogen-bond acceptors (Lipinski definition) is 6. The molecule has 0 spiro atoms. The van der Waals surface area contributed by atoms with Crippen molar-refractivity contribution >= 4 is 34.9 Å². The highest BCUT2D eigenvalue weighted by molar-refractivity contribution is 8.06. The van der Waals surface area contributed by atoms with E-state index in [1.54, 1.807) is 20.3 Å². The Morgan fingerprint density at radius 3 is 2.63 bits per heavy atom. The van der Waals surface area contributed by atoms with E-state index in [0.29, 0.717) is 22.4 Å². The van der Waals surface area contributed by atoms with Gasteiger partial charge in [-0.1, -0.05) is 0 Å². The maximum atomic E-state index is 6.03. The van der Waals surface area contributed by atoms with Crippen molar-refractivity contribution in [3.63, 3.8) is 0 Å². The maximum absolute atomic E-state index is 6.03. The summed E-state index contributed by atoms with van der Waals surface area (Å²) in [4.78, 5) is 0. The molecule has 4 nitrogen and oxygen atoms in total. The third-order valence-electron chi connectivity index (χ3n) is 2.96. The van der Waals surface area contributed by atoms with Crippen molar-refractivity contribution in [2.75, 3.05) is 49.1 Å². The first-order chi connectivity index (χ1) is 9.24. The zero-order chi connectivity index (χ0) is 13.7. The van der Waals surface area contributed by atoms with Crippen molar-refractivity contribution in [2.24, 2.45) is 0 Å². The summed E-state index contributed by atoms with van der Waals surface area (Å²) < 4.78 is 10.5. The van der Waals surface area contributed by atoms with Gasteiger partial charge in [0.2, 0.25) is 0 Å². The molecule has 1 heterocycles. The van der Waals surface area contributed by atoms with Gasteiger partial charge in [0.05, 0.1) is 25.6 Å². The van der Waals surface area contributed by atoms with E-state index in [-0.39, 0.29) is 0 Å². The van der Waals surface area contributed by atoms with Crippen molar-refractivity contribution in [1.29, 1.82) is 0 Å². The van der Waals surface area contributed by atoms with Crippen molar-refractivity contribution in [2.45, 2.75) is 5.25 Å². The number of hydrogen-bond donors (Lipinski definition) is 2. The predicted octanol–water partition coefficient (Wildman–Crippen LogP) is 2.55. The smallest absolute Gasteiger partial charge is 0.162 e. The standard InChI is InChI=1S/C13H20N2O2S2/c1-16-12-5-10(14)11(6-13(12)17-2)15-7-9-8-18-3-4-19-9/h5-6,9,15H,3-4,7-8,14H2,1-2H3. The molecule has 0 aliphatic carbocycles. The molecular weight excluding hydrogens is 280 g/mol. The molecule has 0 radical (unpaired) electrons. The Morgan fingerprint density at radius 2 is 2.00 bits per heavy atom. The van der Waals surface area contributed by atoms with Gasteiger partial charge in [-0.05, 0) is 0 Å². The van der Waals surface area contributed by atoms with Gasteiger partial charge in [0, 0.05) is 41.2 Å². The highest BCUT2D eigenvalue weighted by atomic mass is 32.2. The molecule has 0 aromatic heterocycles. The highest BCUT2D eigenvalue weighted by Gasteiger charge is 2.15. The topological polar surface area (TPSA) is 56.5 Å². The number of methoxy groups -OCH3 is 2. The van der Waals surface area contributed by atoms with Gasteiger partial charge in [0.15, 0.2) is 11.5 Å². The van der Waals surface area contributed by atoms with Crippen LogP contribution in [0.1, 0.15) is 0 Å². The lowest BCUT2D eigenvalue weighted by molar-refractivity contribution is 0.355. The van der Waals surface area contributed by atoms with Crippen LogP contribution in [0.5, 0.6) is 11.5 Å². The average molecular weight is 300 g/mol. The summed E-state index contributed by atoms with van der Waals surface area (Å²) in [6.07, 6.45) is 0. The first-order valence-electron chi connectivity index (χ1n) is 6.19. The summed E-state index contributed by atoms with van der Waals surface area (Å²) in [6.45, 7) is 0.928. The van der Waals surface area contributed by atoms with Crippen LogP contribution in [0.3, 0.4) is 0 Å². The molecular formula is C13H20N2O2S2. The third-order valence-corrected chi connectivity index (χ3v) is 5.81. The minimum Gasteiger partial charge on any atom is -0.493 e. The van der Waals surface area contributed by atoms with Crippen LogP contribution in [0.4, 0.5) is 11.4 Å². The van der Waals surface area contributed by atoms with E-state index in [1.807, 2.05) is 29.6 Å². The van der Waals surface area contributed by atoms with E-state index in [4.69, 9.17) is 15.2 Å². The van der Waals surface area contributed by atoms with E-state index in [1.165, 1.54) is 17.3 Å². The van der Waals surface area contributed by atoms with Crippen molar-refractivity contribution < 1.29 is 9.47 Å². The molecule has 1 aliphatic rings. The summed E-state index contributed by atoms with van der Waals surface area (Å²) in [5.41, 5.74) is 7.62. The molecule has 1 unspecified atom stereocenters. The lowest BCUT2D eigenvalue weighted by Gasteiger charge is -2.22. The van der Waals surface area contributed by atoms with Crippen molar-refractivity contribution in [3.8, 4) is 11.5 Å². The molecule has 1 saturated heterocycles. The Balaban J connectivity index is 2.02. The summed E-state index contributed by atoms with van der Waals surface area (Å²) >= 11 is 4.05. The molecule has 1 fully saturated rings. The van der Waals surface area contributed by atoms with Crippen molar-refractivity contribution in [3.05, 3.63) is 12.1 Å². The molecule has 1 aromatic carbocycles. The largest absolute Gasteiger partial charge is 0.493 e. The second-order valence-corrected chi connectivity index (χ2v) is 6.80. The lowest BCUT2D eigenvalue weighted by atomic mass is 10.2. The minimum absolute atomic E-state index is 0.645. The van der Waals surface area contributed by atoms with Crippen LogP contribution in [0, 0.1) is 0 Å². The number of nitrogens with one attached hydrogen (secondary N) is 1. The monoisotopic (exact) mass is 300 g/mol. The van der Waals surface area contributed by atoms with Gasteiger partial charge in [-0.15, -0.1) is 0 Å². The maximum Gasteiger partial charge on any atom is 0.162 e. The zero-order valence-electron chi connectivity index (χ0n) is 11.3. The number of nitrogen functional groups attached to an aromatic ring is 1. The van der Waals surface area contributed by atoms with Crippen LogP contribution in [-0.2, 0) is 0 Å². The number of rotatable bonds is 5. The molecule has 0 bridgehead atoms. The predicted molar refractivity (Wildman–Crippen MR) is 86.0 cm³/mol. The van der Waals surface area contributed by atoms with E-state index in [9.17, 15) is 0 Å². The highest BCUT2D eigenvalue weighted by Crippen LogP contribution is 2.35. The summed E-state index contributed by atoms with van der Waals surface area (Å²) in [5, 5.41) is 4.06. The van der Waals surface area contributed by atoms with Gasteiger partial charge in [0.1, 0.15) is 0 Å². The molecule has 106 valence electrons. The van der Waals surface area contributed by atoms with E-state index in [0.717, 1.165) is 12.2 Å². The molecule has 3 N–H and O–H groups in total. The Bertz CT molecular complexity index is 423. The summed E-state index contributed by atoms with van der Waals surface area (Å²) in [7, 11) is 3.24. The van der Waals surface area contributed by atoms with Gasteiger partial charge in [-0.25, -0.2) is 0 Å². The molecule has 6 heteroatoms. The van der Waals surface area contributed by atoms with Crippen LogP contribution >= 0.6 is 23.5 Å². The average Bonchev–Trinajstić information content (AvgIpc) is 2.46. The Morgan fingerprint density at radius 1 is 1.26 bits per heavy atom. The minimum atomic E-state index is 0.645. The quantitative estimate of drug-likeness (QED) is 0.815. The normalized spacial score (nSPS) is 18.9. The Hall–Kier alpha value is -0.880. The van der Waals surface area contributed by atoms with Crippen LogP contribution in [-0.4, -0.2) is 43.3 Å². The SMILES string of the molecule is COc1cc(N)c(NCC2CSCCS2)cc1OC. The fourth-order valence-electron chi connectivity index (χ4n) is 1.93. The lowest BCUT2D eigenvalue weighted by Crippen LogP contribution is -2.23. The summed E-state index contributed by atoms with van der Waals surface area (Å²) in [6, 6.07) is 3.69. The van der Waals surface area contributed by atoms with Gasteiger partial charge in [0.25, 0.3) is 0 Å². The Kier molecular flexibility index (Phi) is 5.39. The Labute approximate surface area is 122 Å². The number of thioether (sulfide) groups is 2. The first kappa shape index (κ1) is 14.5. The van der Waals surface area contributed by atoms with E-state index in [2.05, 4.69) is 5.32 Å². The van der Waals surface area contributed by atoms with Crippen molar-refractivity contribution in [1.82, 2.24) is 0 Å². The van der Waals surface area contributed by atoms with E-state index < -0.39 is 0 Å². The molecule has 1 aliphatic heterocycles. The second-order valence-electron chi connectivity index (χ2n) is 4.24. The third kappa shape index (κ3) is 3.79. The van der Waals surface area contributed by atoms with Gasteiger partial charge in [-0.2, -0.15) is 23.5 Å². The molecule has 0 saturated carbocycles. The molecule has 1 atom stereocenters. The number of benzene rings is 1. The number of nitrogens with two attached hydrogens (primary N) is 1. The van der Waals surface area contributed by atoms with Crippen LogP contribution in [0.2, 0.25) is 0 Å². The summed E-state index contributed by atoms with van der Waals surface area (Å²) in [5.74, 6) is 5.06. The van der Waals surface area contributed by atoms with Gasteiger partial charge in [-0.3, -0.25) is 0 Å². The second kappa shape index (κ2) is 7.05. The zero-order valence-corrected chi connectivity index (χ0v) is 12.9. The fourth-order valence-corrected chi connectivity index (χ4v) is 4.54. The van der Waals surface area contributed by atoms with Gasteiger partial charge >= 0.3 is 0 Å². The molecule has 0 amide bonds. The molecule has 19 heavy (non-hydrogen) atoms. The van der Waals surface area contributed by atoms with Gasteiger partial charge < -0.3 is 20.5 Å². The fraction of sp³-hybridized carbons (Fsp3) is 0.538. The van der Waals surface area contributed by atoms with Crippen LogP contribution < -0.4 is 20.5 Å². The first-order valence-corrected chi connectivity index (χ1v) is 8.39. The molecule has 2 rings (SSSR count). The molecule has 1 aromatic rings. The van der Waals surface area contributed by atoms with Crippen LogP contribution in [0.15, 0.2) is 12.1 Å².